The molecule has 0 aliphatic carbocycles. The summed E-state index contributed by atoms with van der Waals surface area (Å²) in [5.74, 6) is 1.63. The summed E-state index contributed by atoms with van der Waals surface area (Å²) >= 11 is 1.65. The molecule has 1 aromatic heterocycles. The Morgan fingerprint density at radius 3 is 2.89 bits per heavy atom. The van der Waals surface area contributed by atoms with Crippen LogP contribution >= 0.6 is 11.3 Å². The number of nitrogens with zero attached hydrogens (tertiary/aromatic N) is 1. The van der Waals surface area contributed by atoms with Gasteiger partial charge < -0.3 is 14.8 Å². The summed E-state index contributed by atoms with van der Waals surface area (Å²) in [6, 6.07) is 4.02. The van der Waals surface area contributed by atoms with E-state index in [1.54, 1.807) is 11.3 Å². The highest BCUT2D eigenvalue weighted by molar-refractivity contribution is 7.13. The van der Waals surface area contributed by atoms with Gasteiger partial charge in [0.05, 0.1) is 5.69 Å². The Morgan fingerprint density at radius 2 is 2.11 bits per heavy atom. The van der Waals surface area contributed by atoms with Crippen molar-refractivity contribution < 1.29 is 9.47 Å². The van der Waals surface area contributed by atoms with Crippen molar-refractivity contribution >= 4 is 11.3 Å². The van der Waals surface area contributed by atoms with Crippen LogP contribution in [0.2, 0.25) is 0 Å². The Hall–Kier alpha value is -1.59. The third-order valence-corrected chi connectivity index (χ3v) is 3.78. The van der Waals surface area contributed by atoms with E-state index in [4.69, 9.17) is 9.47 Å². The highest BCUT2D eigenvalue weighted by atomic mass is 32.1. The van der Waals surface area contributed by atoms with Crippen LogP contribution in [-0.2, 0) is 6.54 Å². The van der Waals surface area contributed by atoms with Crippen molar-refractivity contribution in [2.75, 3.05) is 13.8 Å². The van der Waals surface area contributed by atoms with E-state index in [0.29, 0.717) is 6.79 Å². The minimum absolute atomic E-state index is 0.307. The van der Waals surface area contributed by atoms with E-state index in [1.165, 1.54) is 0 Å². The van der Waals surface area contributed by atoms with E-state index in [2.05, 4.69) is 22.6 Å². The summed E-state index contributed by atoms with van der Waals surface area (Å²) < 4.78 is 10.8. The van der Waals surface area contributed by atoms with E-state index in [-0.39, 0.29) is 0 Å². The number of benzene rings is 1. The first-order valence-electron chi connectivity index (χ1n) is 5.77. The van der Waals surface area contributed by atoms with Gasteiger partial charge >= 0.3 is 0 Å². The van der Waals surface area contributed by atoms with Gasteiger partial charge in [-0.2, -0.15) is 0 Å². The van der Waals surface area contributed by atoms with Gasteiger partial charge in [0, 0.05) is 17.5 Å². The Morgan fingerprint density at radius 1 is 1.33 bits per heavy atom. The normalized spacial score (nSPS) is 13.0. The lowest BCUT2D eigenvalue weighted by atomic mass is 10.1. The molecule has 0 radical (unpaired) electrons. The molecular weight excluding hydrogens is 248 g/mol. The van der Waals surface area contributed by atoms with Gasteiger partial charge in [0.15, 0.2) is 11.5 Å². The molecule has 1 aromatic carbocycles. The first kappa shape index (κ1) is 11.5. The summed E-state index contributed by atoms with van der Waals surface area (Å²) in [7, 11) is 1.92. The molecule has 3 rings (SSSR count). The number of aromatic nitrogens is 1. The summed E-state index contributed by atoms with van der Waals surface area (Å²) in [4.78, 5) is 4.62. The number of fused-ring (bicyclic) bond motifs is 1. The van der Waals surface area contributed by atoms with Crippen molar-refractivity contribution in [2.24, 2.45) is 0 Å². The maximum Gasteiger partial charge on any atom is 0.231 e. The topological polar surface area (TPSA) is 43.4 Å². The van der Waals surface area contributed by atoms with Crippen LogP contribution < -0.4 is 14.8 Å². The first-order chi connectivity index (χ1) is 8.78. The zero-order valence-electron chi connectivity index (χ0n) is 10.3. The molecule has 1 aliphatic heterocycles. The highest BCUT2D eigenvalue weighted by Crippen LogP contribution is 2.39. The lowest BCUT2D eigenvalue weighted by Crippen LogP contribution is -2.04. The van der Waals surface area contributed by atoms with Gasteiger partial charge in [0.1, 0.15) is 5.01 Å². The Kier molecular flexibility index (Phi) is 2.93. The van der Waals surface area contributed by atoms with Gasteiger partial charge in [0.2, 0.25) is 6.79 Å². The number of thiazole rings is 1. The lowest BCUT2D eigenvalue weighted by molar-refractivity contribution is 0.174. The second-order valence-corrected chi connectivity index (χ2v) is 5.05. The summed E-state index contributed by atoms with van der Waals surface area (Å²) in [6.07, 6.45) is 0. The third-order valence-electron chi connectivity index (χ3n) is 2.86. The molecular formula is C13H14N2O2S. The molecule has 0 unspecified atom stereocenters. The van der Waals surface area contributed by atoms with Crippen LogP contribution in [0.15, 0.2) is 17.5 Å². The van der Waals surface area contributed by atoms with Crippen molar-refractivity contribution in [1.82, 2.24) is 10.3 Å². The van der Waals surface area contributed by atoms with Crippen molar-refractivity contribution in [3.05, 3.63) is 28.8 Å². The van der Waals surface area contributed by atoms with Gasteiger partial charge in [-0.25, -0.2) is 4.98 Å². The summed E-state index contributed by atoms with van der Waals surface area (Å²) in [6.45, 7) is 3.16. The second-order valence-electron chi connectivity index (χ2n) is 4.19. The smallest absolute Gasteiger partial charge is 0.231 e. The van der Waals surface area contributed by atoms with Crippen LogP contribution in [0.1, 0.15) is 11.3 Å². The molecule has 0 atom stereocenters. The van der Waals surface area contributed by atoms with Crippen molar-refractivity contribution in [2.45, 2.75) is 13.5 Å². The fraction of sp³-hybridized carbons (Fsp3) is 0.308. The Balaban J connectivity index is 2.00. The molecule has 0 bridgehead atoms. The molecule has 2 aromatic rings. The van der Waals surface area contributed by atoms with E-state index >= 15 is 0 Å². The minimum atomic E-state index is 0.307. The van der Waals surface area contributed by atoms with Crippen LogP contribution in [0.25, 0.3) is 10.6 Å². The quantitative estimate of drug-likeness (QED) is 0.923. The molecule has 5 heteroatoms. The largest absolute Gasteiger partial charge is 0.454 e. The molecule has 0 amide bonds. The molecule has 0 saturated heterocycles. The van der Waals surface area contributed by atoms with Gasteiger partial charge in [-0.1, -0.05) is 0 Å². The predicted octanol–water partition coefficient (Wildman–Crippen LogP) is 2.57. The molecule has 4 nitrogen and oxygen atoms in total. The standard InChI is InChI=1S/C13H14N2O2S/c1-8-3-11-12(17-7-16-11)4-10(8)13-15-9(5-14-2)6-18-13/h3-4,6,14H,5,7H2,1-2H3. The zero-order valence-corrected chi connectivity index (χ0v) is 11.1. The van der Waals surface area contributed by atoms with E-state index < -0.39 is 0 Å². The molecule has 2 heterocycles. The number of ether oxygens (including phenoxy) is 2. The van der Waals surface area contributed by atoms with Crippen LogP contribution in [0, 0.1) is 6.92 Å². The fourth-order valence-corrected chi connectivity index (χ4v) is 2.87. The first-order valence-corrected chi connectivity index (χ1v) is 6.65. The van der Waals surface area contributed by atoms with Crippen molar-refractivity contribution in [3.63, 3.8) is 0 Å². The molecule has 1 N–H and O–H groups in total. The molecule has 0 spiro atoms. The maximum atomic E-state index is 5.41. The van der Waals surface area contributed by atoms with Gasteiger partial charge in [-0.3, -0.25) is 0 Å². The Labute approximate surface area is 110 Å². The van der Waals surface area contributed by atoms with Crippen LogP contribution in [0.4, 0.5) is 0 Å². The number of rotatable bonds is 3. The Bertz CT molecular complexity index is 580. The number of hydrogen-bond acceptors (Lipinski definition) is 5. The van der Waals surface area contributed by atoms with Crippen LogP contribution in [0.5, 0.6) is 11.5 Å². The summed E-state index contributed by atoms with van der Waals surface area (Å²) in [5, 5.41) is 6.21. The lowest BCUT2D eigenvalue weighted by Gasteiger charge is -2.04. The van der Waals surface area contributed by atoms with Gasteiger partial charge in [0.25, 0.3) is 0 Å². The molecule has 18 heavy (non-hydrogen) atoms. The molecule has 94 valence electrons. The van der Waals surface area contributed by atoms with E-state index in [0.717, 1.165) is 39.9 Å². The van der Waals surface area contributed by atoms with E-state index in [9.17, 15) is 0 Å². The average molecular weight is 262 g/mol. The minimum Gasteiger partial charge on any atom is -0.454 e. The highest BCUT2D eigenvalue weighted by Gasteiger charge is 2.17. The molecule has 0 fully saturated rings. The van der Waals surface area contributed by atoms with E-state index in [1.807, 2.05) is 19.2 Å². The monoisotopic (exact) mass is 262 g/mol. The van der Waals surface area contributed by atoms with Crippen molar-refractivity contribution in [3.8, 4) is 22.1 Å². The predicted molar refractivity (Wildman–Crippen MR) is 71.2 cm³/mol. The number of aryl methyl sites for hydroxylation is 1. The number of nitrogens with one attached hydrogen (secondary N) is 1. The zero-order chi connectivity index (χ0) is 12.5. The SMILES string of the molecule is CNCc1csc(-c2cc3c(cc2C)OCO3)n1. The molecule has 1 aliphatic rings. The van der Waals surface area contributed by atoms with Crippen LogP contribution in [0.3, 0.4) is 0 Å². The van der Waals surface area contributed by atoms with Gasteiger partial charge in [-0.05, 0) is 31.7 Å². The average Bonchev–Trinajstić information content (AvgIpc) is 2.96. The van der Waals surface area contributed by atoms with Gasteiger partial charge in [-0.15, -0.1) is 11.3 Å². The number of hydrogen-bond donors (Lipinski definition) is 1. The maximum absolute atomic E-state index is 5.41. The summed E-state index contributed by atoms with van der Waals surface area (Å²) in [5.41, 5.74) is 3.34. The molecule has 0 saturated carbocycles. The van der Waals surface area contributed by atoms with Crippen molar-refractivity contribution in [1.29, 1.82) is 0 Å². The fourth-order valence-electron chi connectivity index (χ4n) is 1.97. The van der Waals surface area contributed by atoms with Crippen LogP contribution in [-0.4, -0.2) is 18.8 Å². The third kappa shape index (κ3) is 1.95. The second kappa shape index (κ2) is 4.59.